The van der Waals surface area contributed by atoms with Crippen LogP contribution in [-0.4, -0.2) is 42.0 Å². The van der Waals surface area contributed by atoms with E-state index in [1.807, 2.05) is 52.1 Å². The quantitative estimate of drug-likeness (QED) is 0.461. The van der Waals surface area contributed by atoms with E-state index in [4.69, 9.17) is 11.6 Å². The standard InChI is InChI=1S/C19H28ClN5O/c1-5-21-18(24-12-17(26)25-19(2,3)4)22-9-8-13-11-23-16-7-6-14(20)10-15(13)16/h6-7,10-11,23H,5,8-9,12H2,1-4H3,(H,25,26)(H2,21,22,24). The zero-order valence-corrected chi connectivity index (χ0v) is 16.6. The Morgan fingerprint density at radius 1 is 1.27 bits per heavy atom. The normalized spacial score (nSPS) is 12.3. The van der Waals surface area contributed by atoms with E-state index >= 15 is 0 Å². The first-order chi connectivity index (χ1) is 12.3. The number of hydrogen-bond donors (Lipinski definition) is 4. The van der Waals surface area contributed by atoms with Crippen molar-refractivity contribution in [3.63, 3.8) is 0 Å². The monoisotopic (exact) mass is 377 g/mol. The van der Waals surface area contributed by atoms with Gasteiger partial charge in [0.15, 0.2) is 5.96 Å². The predicted octanol–water partition coefficient (Wildman–Crippen LogP) is 2.83. The molecule has 7 heteroatoms. The molecule has 0 unspecified atom stereocenters. The molecule has 0 spiro atoms. The van der Waals surface area contributed by atoms with Crippen LogP contribution >= 0.6 is 11.6 Å². The molecule has 0 radical (unpaired) electrons. The van der Waals surface area contributed by atoms with E-state index in [1.165, 1.54) is 5.56 Å². The maximum absolute atomic E-state index is 11.9. The van der Waals surface area contributed by atoms with Crippen LogP contribution in [0.4, 0.5) is 0 Å². The van der Waals surface area contributed by atoms with Crippen molar-refractivity contribution in [1.29, 1.82) is 0 Å². The van der Waals surface area contributed by atoms with Crippen molar-refractivity contribution in [3.05, 3.63) is 35.0 Å². The van der Waals surface area contributed by atoms with Gasteiger partial charge >= 0.3 is 0 Å². The number of benzene rings is 1. The number of carbonyl (C=O) groups is 1. The number of H-pyrrole nitrogens is 1. The lowest BCUT2D eigenvalue weighted by atomic mass is 10.1. The van der Waals surface area contributed by atoms with Gasteiger partial charge in [-0.25, -0.2) is 4.99 Å². The summed E-state index contributed by atoms with van der Waals surface area (Å²) in [5.41, 5.74) is 2.01. The summed E-state index contributed by atoms with van der Waals surface area (Å²) in [5.74, 6) is 0.537. The molecular weight excluding hydrogens is 350 g/mol. The van der Waals surface area contributed by atoms with Gasteiger partial charge in [-0.1, -0.05) is 11.6 Å². The fourth-order valence-electron chi connectivity index (χ4n) is 2.62. The Bertz CT molecular complexity index is 776. The van der Waals surface area contributed by atoms with Gasteiger partial charge in [-0.15, -0.1) is 0 Å². The van der Waals surface area contributed by atoms with Crippen LogP contribution in [0.2, 0.25) is 5.02 Å². The third-order valence-electron chi connectivity index (χ3n) is 3.66. The molecular formula is C19H28ClN5O. The van der Waals surface area contributed by atoms with Crippen LogP contribution in [0.3, 0.4) is 0 Å². The average Bonchev–Trinajstić information content (AvgIpc) is 2.93. The van der Waals surface area contributed by atoms with E-state index in [1.54, 1.807) is 0 Å². The number of halogens is 1. The number of aromatic nitrogens is 1. The summed E-state index contributed by atoms with van der Waals surface area (Å²) in [5, 5.41) is 11.2. The number of carbonyl (C=O) groups excluding carboxylic acids is 1. The van der Waals surface area contributed by atoms with E-state index in [2.05, 4.69) is 25.9 Å². The van der Waals surface area contributed by atoms with Gasteiger partial charge in [-0.2, -0.15) is 0 Å². The van der Waals surface area contributed by atoms with Crippen LogP contribution in [0, 0.1) is 0 Å². The lowest BCUT2D eigenvalue weighted by molar-refractivity contribution is -0.121. The highest BCUT2D eigenvalue weighted by Gasteiger charge is 2.13. The highest BCUT2D eigenvalue weighted by molar-refractivity contribution is 6.31. The minimum absolute atomic E-state index is 0.0926. The summed E-state index contributed by atoms with van der Waals surface area (Å²) in [7, 11) is 0. The summed E-state index contributed by atoms with van der Waals surface area (Å²) in [6.45, 7) is 9.37. The Hall–Kier alpha value is -2.21. The smallest absolute Gasteiger partial charge is 0.242 e. The predicted molar refractivity (Wildman–Crippen MR) is 109 cm³/mol. The molecule has 1 amide bonds. The number of aromatic amines is 1. The highest BCUT2D eigenvalue weighted by Crippen LogP contribution is 2.22. The number of guanidine groups is 1. The van der Waals surface area contributed by atoms with Gasteiger partial charge in [-0.3, -0.25) is 4.79 Å². The van der Waals surface area contributed by atoms with E-state index in [0.717, 1.165) is 28.9 Å². The molecule has 0 aliphatic rings. The third kappa shape index (κ3) is 6.26. The second kappa shape index (κ2) is 8.94. The van der Waals surface area contributed by atoms with Gasteiger partial charge in [0.1, 0.15) is 6.54 Å². The zero-order valence-electron chi connectivity index (χ0n) is 15.9. The Balaban J connectivity index is 1.92. The number of aliphatic imine (C=N–C) groups is 1. The zero-order chi connectivity index (χ0) is 19.2. The molecule has 0 saturated carbocycles. The molecule has 2 aromatic rings. The van der Waals surface area contributed by atoms with Gasteiger partial charge < -0.3 is 20.9 Å². The van der Waals surface area contributed by atoms with Gasteiger partial charge in [0, 0.05) is 40.8 Å². The number of amides is 1. The van der Waals surface area contributed by atoms with Crippen LogP contribution in [0.15, 0.2) is 29.4 Å². The fourth-order valence-corrected chi connectivity index (χ4v) is 2.80. The molecule has 4 N–H and O–H groups in total. The Kier molecular flexibility index (Phi) is 6.91. The fraction of sp³-hybridized carbons (Fsp3) is 0.474. The summed E-state index contributed by atoms with van der Waals surface area (Å²) in [6, 6.07) is 5.83. The molecule has 1 aromatic heterocycles. The van der Waals surface area contributed by atoms with Crippen molar-refractivity contribution in [2.24, 2.45) is 4.99 Å². The molecule has 142 valence electrons. The number of hydrogen-bond acceptors (Lipinski definition) is 2. The third-order valence-corrected chi connectivity index (χ3v) is 3.89. The van der Waals surface area contributed by atoms with E-state index in [9.17, 15) is 4.79 Å². The molecule has 1 aromatic carbocycles. The SMILES string of the molecule is CCNC(=NCC(=O)NC(C)(C)C)NCCc1c[nH]c2ccc(Cl)cc12. The van der Waals surface area contributed by atoms with Crippen molar-refractivity contribution in [1.82, 2.24) is 20.9 Å². The second-order valence-electron chi connectivity index (χ2n) is 7.17. The van der Waals surface area contributed by atoms with E-state index in [-0.39, 0.29) is 18.0 Å². The summed E-state index contributed by atoms with van der Waals surface area (Å²) < 4.78 is 0. The molecule has 6 nitrogen and oxygen atoms in total. The lowest BCUT2D eigenvalue weighted by Crippen LogP contribution is -2.43. The van der Waals surface area contributed by atoms with Crippen molar-refractivity contribution < 1.29 is 4.79 Å². The van der Waals surface area contributed by atoms with Crippen molar-refractivity contribution in [3.8, 4) is 0 Å². The molecule has 0 aliphatic heterocycles. The molecule has 0 fully saturated rings. The first-order valence-electron chi connectivity index (χ1n) is 8.87. The number of fused-ring (bicyclic) bond motifs is 1. The Labute approximate surface area is 159 Å². The van der Waals surface area contributed by atoms with Crippen LogP contribution < -0.4 is 16.0 Å². The second-order valence-corrected chi connectivity index (χ2v) is 7.61. The number of nitrogens with one attached hydrogen (secondary N) is 4. The molecule has 0 atom stereocenters. The Morgan fingerprint density at radius 3 is 2.73 bits per heavy atom. The maximum atomic E-state index is 11.9. The van der Waals surface area contributed by atoms with Crippen LogP contribution in [-0.2, 0) is 11.2 Å². The van der Waals surface area contributed by atoms with Crippen molar-refractivity contribution in [2.45, 2.75) is 39.7 Å². The van der Waals surface area contributed by atoms with E-state index in [0.29, 0.717) is 12.5 Å². The summed E-state index contributed by atoms with van der Waals surface area (Å²) >= 11 is 6.09. The topological polar surface area (TPSA) is 81.3 Å². The number of rotatable bonds is 6. The lowest BCUT2D eigenvalue weighted by Gasteiger charge is -2.20. The van der Waals surface area contributed by atoms with Crippen LogP contribution in [0.25, 0.3) is 10.9 Å². The van der Waals surface area contributed by atoms with Gasteiger partial charge in [0.2, 0.25) is 5.91 Å². The molecule has 0 aliphatic carbocycles. The van der Waals surface area contributed by atoms with Crippen molar-refractivity contribution >= 4 is 34.4 Å². The van der Waals surface area contributed by atoms with Gasteiger partial charge in [-0.05, 0) is 57.9 Å². The minimum Gasteiger partial charge on any atom is -0.361 e. The highest BCUT2D eigenvalue weighted by atomic mass is 35.5. The minimum atomic E-state index is -0.255. The van der Waals surface area contributed by atoms with Gasteiger partial charge in [0.05, 0.1) is 0 Å². The molecule has 26 heavy (non-hydrogen) atoms. The Morgan fingerprint density at radius 2 is 2.04 bits per heavy atom. The van der Waals surface area contributed by atoms with Gasteiger partial charge in [0.25, 0.3) is 0 Å². The molecule has 0 bridgehead atoms. The maximum Gasteiger partial charge on any atom is 0.242 e. The molecule has 0 saturated heterocycles. The summed E-state index contributed by atoms with van der Waals surface area (Å²) in [4.78, 5) is 19.5. The molecule has 2 rings (SSSR count). The summed E-state index contributed by atoms with van der Waals surface area (Å²) in [6.07, 6.45) is 2.82. The first-order valence-corrected chi connectivity index (χ1v) is 9.25. The van der Waals surface area contributed by atoms with Crippen LogP contribution in [0.5, 0.6) is 0 Å². The number of nitrogens with zero attached hydrogens (tertiary/aromatic N) is 1. The van der Waals surface area contributed by atoms with E-state index < -0.39 is 0 Å². The molecule has 1 heterocycles. The first kappa shape index (κ1) is 20.1. The largest absolute Gasteiger partial charge is 0.361 e. The van der Waals surface area contributed by atoms with Crippen LogP contribution in [0.1, 0.15) is 33.3 Å². The average molecular weight is 378 g/mol. The van der Waals surface area contributed by atoms with Crippen molar-refractivity contribution in [2.75, 3.05) is 19.6 Å².